The van der Waals surface area contributed by atoms with E-state index in [4.69, 9.17) is 16.5 Å². The molecule has 0 aliphatic carbocycles. The van der Waals surface area contributed by atoms with Gasteiger partial charge in [0.25, 0.3) is 0 Å². The summed E-state index contributed by atoms with van der Waals surface area (Å²) in [6.45, 7) is 2.68. The van der Waals surface area contributed by atoms with E-state index in [2.05, 4.69) is 17.6 Å². The summed E-state index contributed by atoms with van der Waals surface area (Å²) in [7, 11) is 0. The molecule has 2 aromatic carbocycles. The lowest BCUT2D eigenvalue weighted by Gasteiger charge is -2.15. The Morgan fingerprint density at radius 2 is 1.80 bits per heavy atom. The molecule has 0 radical (unpaired) electrons. The zero-order chi connectivity index (χ0) is 14.1. The standard InChI is InChI=1S/C16H18N4/c1-11(10-17)20-15-5-3-2-4-14(15)19-16(20)12-6-8-13(18)9-7-12/h2-9,11H,10,17-18H2,1H3. The summed E-state index contributed by atoms with van der Waals surface area (Å²) in [6.07, 6.45) is 0. The van der Waals surface area contributed by atoms with Crippen LogP contribution in [0.25, 0.3) is 22.4 Å². The summed E-state index contributed by atoms with van der Waals surface area (Å²) in [5.74, 6) is 0.934. The van der Waals surface area contributed by atoms with Crippen molar-refractivity contribution in [2.75, 3.05) is 12.3 Å². The third-order valence-corrected chi connectivity index (χ3v) is 3.55. The third-order valence-electron chi connectivity index (χ3n) is 3.55. The molecule has 4 N–H and O–H groups in total. The number of para-hydroxylation sites is 2. The molecule has 4 nitrogen and oxygen atoms in total. The van der Waals surface area contributed by atoms with Crippen molar-refractivity contribution in [3.8, 4) is 11.4 Å². The van der Waals surface area contributed by atoms with Gasteiger partial charge in [0.15, 0.2) is 0 Å². The summed E-state index contributed by atoms with van der Waals surface area (Å²) in [5.41, 5.74) is 15.5. The fourth-order valence-corrected chi connectivity index (χ4v) is 2.43. The van der Waals surface area contributed by atoms with Crippen LogP contribution in [-0.4, -0.2) is 16.1 Å². The van der Waals surface area contributed by atoms with Gasteiger partial charge in [-0.05, 0) is 43.3 Å². The second-order valence-corrected chi connectivity index (χ2v) is 5.00. The molecule has 20 heavy (non-hydrogen) atoms. The first-order chi connectivity index (χ1) is 9.70. The first-order valence-electron chi connectivity index (χ1n) is 6.73. The highest BCUT2D eigenvalue weighted by Crippen LogP contribution is 2.28. The van der Waals surface area contributed by atoms with Crippen molar-refractivity contribution in [1.29, 1.82) is 0 Å². The molecule has 1 heterocycles. The molecular formula is C16H18N4. The Morgan fingerprint density at radius 3 is 2.50 bits per heavy atom. The molecule has 1 unspecified atom stereocenters. The Kier molecular flexibility index (Phi) is 3.16. The highest BCUT2D eigenvalue weighted by atomic mass is 15.1. The summed E-state index contributed by atoms with van der Waals surface area (Å²) in [5, 5.41) is 0. The van der Waals surface area contributed by atoms with E-state index in [9.17, 15) is 0 Å². The van der Waals surface area contributed by atoms with Gasteiger partial charge in [0, 0.05) is 23.8 Å². The molecule has 0 spiro atoms. The van der Waals surface area contributed by atoms with Gasteiger partial charge in [-0.3, -0.25) is 0 Å². The topological polar surface area (TPSA) is 69.9 Å². The zero-order valence-electron chi connectivity index (χ0n) is 11.5. The molecule has 3 aromatic rings. The zero-order valence-corrected chi connectivity index (χ0v) is 11.5. The molecule has 0 amide bonds. The summed E-state index contributed by atoms with van der Waals surface area (Å²) >= 11 is 0. The van der Waals surface area contributed by atoms with Crippen molar-refractivity contribution < 1.29 is 0 Å². The molecule has 0 fully saturated rings. The van der Waals surface area contributed by atoms with Gasteiger partial charge in [0.2, 0.25) is 0 Å². The number of nitrogen functional groups attached to an aromatic ring is 1. The maximum Gasteiger partial charge on any atom is 0.141 e. The van der Waals surface area contributed by atoms with Gasteiger partial charge in [-0.15, -0.1) is 0 Å². The Labute approximate surface area is 118 Å². The number of anilines is 1. The minimum Gasteiger partial charge on any atom is -0.399 e. The van der Waals surface area contributed by atoms with Crippen LogP contribution < -0.4 is 11.5 Å². The second-order valence-electron chi connectivity index (χ2n) is 5.00. The average molecular weight is 266 g/mol. The van der Waals surface area contributed by atoms with Crippen molar-refractivity contribution in [2.24, 2.45) is 5.73 Å². The van der Waals surface area contributed by atoms with E-state index < -0.39 is 0 Å². The van der Waals surface area contributed by atoms with E-state index in [1.807, 2.05) is 42.5 Å². The largest absolute Gasteiger partial charge is 0.399 e. The van der Waals surface area contributed by atoms with Crippen molar-refractivity contribution in [3.63, 3.8) is 0 Å². The van der Waals surface area contributed by atoms with Gasteiger partial charge in [0.05, 0.1) is 11.0 Å². The molecule has 102 valence electrons. The molecule has 0 saturated carbocycles. The number of rotatable bonds is 3. The minimum absolute atomic E-state index is 0.190. The van der Waals surface area contributed by atoms with Crippen LogP contribution in [0.1, 0.15) is 13.0 Å². The summed E-state index contributed by atoms with van der Waals surface area (Å²) in [4.78, 5) is 4.75. The molecule has 1 atom stereocenters. The Hall–Kier alpha value is -2.33. The number of hydrogen-bond acceptors (Lipinski definition) is 3. The number of hydrogen-bond donors (Lipinski definition) is 2. The third kappa shape index (κ3) is 2.04. The maximum atomic E-state index is 5.86. The number of aromatic nitrogens is 2. The van der Waals surface area contributed by atoms with Crippen LogP contribution in [-0.2, 0) is 0 Å². The van der Waals surface area contributed by atoms with Crippen LogP contribution in [0.4, 0.5) is 5.69 Å². The second kappa shape index (κ2) is 4.98. The maximum absolute atomic E-state index is 5.86. The highest BCUT2D eigenvalue weighted by molar-refractivity contribution is 5.81. The van der Waals surface area contributed by atoms with Crippen molar-refractivity contribution in [2.45, 2.75) is 13.0 Å². The smallest absolute Gasteiger partial charge is 0.141 e. The van der Waals surface area contributed by atoms with Crippen LogP contribution in [0.2, 0.25) is 0 Å². The minimum atomic E-state index is 0.190. The molecular weight excluding hydrogens is 248 g/mol. The number of fused-ring (bicyclic) bond motifs is 1. The summed E-state index contributed by atoms with van der Waals surface area (Å²) < 4.78 is 2.20. The van der Waals surface area contributed by atoms with Crippen LogP contribution in [0.5, 0.6) is 0 Å². The molecule has 0 aliphatic heterocycles. The van der Waals surface area contributed by atoms with Gasteiger partial charge >= 0.3 is 0 Å². The van der Waals surface area contributed by atoms with Crippen molar-refractivity contribution >= 4 is 16.7 Å². The fourth-order valence-electron chi connectivity index (χ4n) is 2.43. The van der Waals surface area contributed by atoms with Crippen molar-refractivity contribution in [3.05, 3.63) is 48.5 Å². The number of benzene rings is 2. The number of nitrogens with two attached hydrogens (primary N) is 2. The summed E-state index contributed by atoms with van der Waals surface area (Å²) in [6, 6.07) is 16.1. The van der Waals surface area contributed by atoms with Crippen LogP contribution in [0.15, 0.2) is 48.5 Å². The van der Waals surface area contributed by atoms with Crippen molar-refractivity contribution in [1.82, 2.24) is 9.55 Å². The Morgan fingerprint density at radius 1 is 1.10 bits per heavy atom. The predicted molar refractivity (Wildman–Crippen MR) is 83.3 cm³/mol. The fraction of sp³-hybridized carbons (Fsp3) is 0.188. The lowest BCUT2D eigenvalue weighted by Crippen LogP contribution is -2.16. The molecule has 1 aromatic heterocycles. The van der Waals surface area contributed by atoms with Gasteiger partial charge in [-0.2, -0.15) is 0 Å². The number of nitrogens with zero attached hydrogens (tertiary/aromatic N) is 2. The van der Waals surface area contributed by atoms with Gasteiger partial charge in [-0.25, -0.2) is 4.98 Å². The van der Waals surface area contributed by atoms with E-state index in [1.165, 1.54) is 0 Å². The average Bonchev–Trinajstić information content (AvgIpc) is 2.86. The van der Waals surface area contributed by atoms with E-state index in [0.29, 0.717) is 6.54 Å². The SMILES string of the molecule is CC(CN)n1c(-c2ccc(N)cc2)nc2ccccc21. The number of imidazole rings is 1. The first-order valence-corrected chi connectivity index (χ1v) is 6.73. The molecule has 0 aliphatic rings. The van der Waals surface area contributed by atoms with E-state index in [1.54, 1.807) is 0 Å². The molecule has 0 saturated heterocycles. The highest BCUT2D eigenvalue weighted by Gasteiger charge is 2.15. The predicted octanol–water partition coefficient (Wildman–Crippen LogP) is 2.81. The molecule has 3 rings (SSSR count). The lowest BCUT2D eigenvalue weighted by molar-refractivity contribution is 0.579. The monoisotopic (exact) mass is 266 g/mol. The van der Waals surface area contributed by atoms with Gasteiger partial charge in [-0.1, -0.05) is 12.1 Å². The Balaban J connectivity index is 2.26. The van der Waals surface area contributed by atoms with E-state index in [0.717, 1.165) is 28.1 Å². The van der Waals surface area contributed by atoms with E-state index in [-0.39, 0.29) is 6.04 Å². The Bertz CT molecular complexity index is 728. The molecule has 4 heteroatoms. The van der Waals surface area contributed by atoms with E-state index >= 15 is 0 Å². The van der Waals surface area contributed by atoms with Gasteiger partial charge in [0.1, 0.15) is 5.82 Å². The first kappa shape index (κ1) is 12.7. The molecule has 0 bridgehead atoms. The quantitative estimate of drug-likeness (QED) is 0.716. The van der Waals surface area contributed by atoms with Crippen LogP contribution >= 0.6 is 0 Å². The van der Waals surface area contributed by atoms with Crippen LogP contribution in [0, 0.1) is 0 Å². The van der Waals surface area contributed by atoms with Crippen LogP contribution in [0.3, 0.4) is 0 Å². The normalized spacial score (nSPS) is 12.7. The van der Waals surface area contributed by atoms with Gasteiger partial charge < -0.3 is 16.0 Å². The lowest BCUT2D eigenvalue weighted by atomic mass is 10.2.